The van der Waals surface area contributed by atoms with Gasteiger partial charge in [0, 0.05) is 25.5 Å². The van der Waals surface area contributed by atoms with Crippen molar-refractivity contribution in [2.45, 2.75) is 18.1 Å². The summed E-state index contributed by atoms with van der Waals surface area (Å²) in [7, 11) is -3.08. The van der Waals surface area contributed by atoms with Crippen LogP contribution in [0.2, 0.25) is 0 Å². The van der Waals surface area contributed by atoms with Crippen molar-refractivity contribution in [1.29, 1.82) is 0 Å². The molecule has 0 aliphatic carbocycles. The largest absolute Gasteiger partial charge is 0.381 e. The van der Waals surface area contributed by atoms with Crippen LogP contribution < -0.4 is 16.0 Å². The van der Waals surface area contributed by atoms with Crippen molar-refractivity contribution in [2.75, 3.05) is 35.3 Å². The van der Waals surface area contributed by atoms with E-state index in [1.54, 1.807) is 12.3 Å². The summed E-state index contributed by atoms with van der Waals surface area (Å²) in [5.74, 6) is -1.24. The number of pyridine rings is 1. The minimum absolute atomic E-state index is 0.0283. The van der Waals surface area contributed by atoms with Gasteiger partial charge in [0.1, 0.15) is 15.4 Å². The average Bonchev–Trinajstić information content (AvgIpc) is 3.02. The Labute approximate surface area is 171 Å². The third kappa shape index (κ3) is 3.77. The van der Waals surface area contributed by atoms with Gasteiger partial charge in [0.2, 0.25) is 0 Å². The predicted octanol–water partition coefficient (Wildman–Crippen LogP) is 1.11. The monoisotopic (exact) mass is 433 g/mol. The zero-order valence-electron chi connectivity index (χ0n) is 16.1. The van der Waals surface area contributed by atoms with E-state index in [1.165, 1.54) is 12.5 Å². The Kier molecular flexibility index (Phi) is 5.02. The van der Waals surface area contributed by atoms with Crippen LogP contribution in [0.15, 0.2) is 30.9 Å². The molecule has 12 heteroatoms. The Morgan fingerprint density at radius 2 is 2.03 bits per heavy atom. The van der Waals surface area contributed by atoms with E-state index in [2.05, 4.69) is 20.4 Å². The van der Waals surface area contributed by atoms with Crippen molar-refractivity contribution in [2.24, 2.45) is 0 Å². The molecule has 4 rings (SSSR count). The summed E-state index contributed by atoms with van der Waals surface area (Å²) in [6, 6.07) is 1.75. The second-order valence-electron chi connectivity index (χ2n) is 7.16. The number of nitrogen functional groups attached to an aromatic ring is 1. The first-order valence-electron chi connectivity index (χ1n) is 9.22. The van der Waals surface area contributed by atoms with Gasteiger partial charge in [-0.15, -0.1) is 5.10 Å². The molecule has 0 atom stereocenters. The number of fused-ring (bicyclic) bond motifs is 1. The van der Waals surface area contributed by atoms with Crippen LogP contribution in [-0.2, 0) is 9.84 Å². The number of rotatable bonds is 4. The summed E-state index contributed by atoms with van der Waals surface area (Å²) < 4.78 is 38.1. The summed E-state index contributed by atoms with van der Waals surface area (Å²) in [6.07, 6.45) is 7.43. The van der Waals surface area contributed by atoms with Gasteiger partial charge in [-0.05, 0) is 18.9 Å². The number of sulfone groups is 1. The fourth-order valence-corrected chi connectivity index (χ4v) is 4.68. The van der Waals surface area contributed by atoms with Crippen molar-refractivity contribution in [3.05, 3.63) is 42.2 Å². The highest BCUT2D eigenvalue weighted by Crippen LogP contribution is 2.30. The van der Waals surface area contributed by atoms with Gasteiger partial charge in [0.15, 0.2) is 17.3 Å². The molecule has 1 aliphatic heterocycles. The summed E-state index contributed by atoms with van der Waals surface area (Å²) >= 11 is 0. The van der Waals surface area contributed by atoms with Crippen LogP contribution in [0.4, 0.5) is 21.6 Å². The van der Waals surface area contributed by atoms with E-state index < -0.39 is 21.6 Å². The van der Waals surface area contributed by atoms with Crippen LogP contribution in [-0.4, -0.2) is 58.5 Å². The smallest absolute Gasteiger partial charge is 0.263 e. The van der Waals surface area contributed by atoms with Crippen molar-refractivity contribution in [3.63, 3.8) is 0 Å². The lowest BCUT2D eigenvalue weighted by Crippen LogP contribution is -2.39. The topological polar surface area (TPSA) is 136 Å². The minimum Gasteiger partial charge on any atom is -0.381 e. The van der Waals surface area contributed by atoms with E-state index >= 15 is 0 Å². The summed E-state index contributed by atoms with van der Waals surface area (Å²) in [6.45, 7) is 1.06. The van der Waals surface area contributed by atoms with E-state index in [0.717, 1.165) is 22.6 Å². The standard InChI is InChI=1S/C18H20FN7O3S/c1-30(28,29)12-3-6-25(7-4-12)14-2-5-21-9-13(14)23-18(27)15-16(20)24-26-10-11(19)8-22-17(15)26/h2,5,8-10,12H,3-4,6-7H2,1H3,(H2,20,24)(H,23,27). The molecule has 0 unspecified atom stereocenters. The van der Waals surface area contributed by atoms with Crippen LogP contribution in [0.1, 0.15) is 23.2 Å². The van der Waals surface area contributed by atoms with Crippen LogP contribution in [0.5, 0.6) is 0 Å². The molecule has 30 heavy (non-hydrogen) atoms. The maximum absolute atomic E-state index is 13.4. The molecule has 158 valence electrons. The molecular formula is C18H20FN7O3S. The number of nitrogens with one attached hydrogen (secondary N) is 1. The second-order valence-corrected chi connectivity index (χ2v) is 9.49. The molecule has 10 nitrogen and oxygen atoms in total. The number of halogens is 1. The zero-order valence-corrected chi connectivity index (χ0v) is 16.9. The van der Waals surface area contributed by atoms with Crippen molar-refractivity contribution in [3.8, 4) is 0 Å². The fraction of sp³-hybridized carbons (Fsp3) is 0.333. The molecule has 1 amide bonds. The normalized spacial score (nSPS) is 15.5. The number of aromatic nitrogens is 4. The van der Waals surface area contributed by atoms with Gasteiger partial charge in [-0.3, -0.25) is 9.78 Å². The van der Waals surface area contributed by atoms with Gasteiger partial charge in [-0.25, -0.2) is 22.3 Å². The Balaban J connectivity index is 1.58. The number of hydrogen-bond acceptors (Lipinski definition) is 8. The van der Waals surface area contributed by atoms with Gasteiger partial charge in [-0.2, -0.15) is 0 Å². The molecule has 0 bridgehead atoms. The first-order valence-corrected chi connectivity index (χ1v) is 11.2. The minimum atomic E-state index is -3.08. The number of piperidine rings is 1. The molecule has 0 spiro atoms. The molecule has 0 radical (unpaired) electrons. The lowest BCUT2D eigenvalue weighted by molar-refractivity contribution is 0.102. The van der Waals surface area contributed by atoms with Crippen LogP contribution >= 0.6 is 0 Å². The highest BCUT2D eigenvalue weighted by molar-refractivity contribution is 7.91. The third-order valence-electron chi connectivity index (χ3n) is 5.13. The number of nitrogens with two attached hydrogens (primary N) is 1. The lowest BCUT2D eigenvalue weighted by Gasteiger charge is -2.33. The van der Waals surface area contributed by atoms with E-state index in [-0.39, 0.29) is 22.3 Å². The third-order valence-corrected chi connectivity index (χ3v) is 6.81. The maximum atomic E-state index is 13.4. The molecule has 0 aromatic carbocycles. The Hall–Kier alpha value is -3.28. The zero-order chi connectivity index (χ0) is 21.5. The molecule has 3 N–H and O–H groups in total. The van der Waals surface area contributed by atoms with Gasteiger partial charge in [0.05, 0.1) is 35.2 Å². The van der Waals surface area contributed by atoms with Gasteiger partial charge in [-0.1, -0.05) is 0 Å². The van der Waals surface area contributed by atoms with Crippen LogP contribution in [0, 0.1) is 5.82 Å². The first kappa shape index (κ1) is 20.0. The van der Waals surface area contributed by atoms with E-state index in [0.29, 0.717) is 31.6 Å². The van der Waals surface area contributed by atoms with Crippen LogP contribution in [0.25, 0.3) is 5.65 Å². The molecule has 3 aromatic heterocycles. The van der Waals surface area contributed by atoms with Gasteiger partial charge < -0.3 is 16.0 Å². The van der Waals surface area contributed by atoms with Gasteiger partial charge in [0.25, 0.3) is 5.91 Å². The number of amides is 1. The fourth-order valence-electron chi connectivity index (χ4n) is 3.62. The maximum Gasteiger partial charge on any atom is 0.263 e. The first-order chi connectivity index (χ1) is 14.2. The summed E-state index contributed by atoms with van der Waals surface area (Å²) in [5.41, 5.74) is 7.18. The highest BCUT2D eigenvalue weighted by Gasteiger charge is 2.28. The Bertz CT molecular complexity index is 1220. The quantitative estimate of drug-likeness (QED) is 0.625. The molecular weight excluding hydrogens is 413 g/mol. The van der Waals surface area contributed by atoms with Crippen molar-refractivity contribution in [1.82, 2.24) is 19.6 Å². The molecule has 4 heterocycles. The second kappa shape index (κ2) is 7.52. The Morgan fingerprint density at radius 3 is 2.73 bits per heavy atom. The SMILES string of the molecule is CS(=O)(=O)C1CCN(c2ccncc2NC(=O)c2c(N)nn3cc(F)cnc23)CC1. The van der Waals surface area contributed by atoms with E-state index in [1.807, 2.05) is 4.90 Å². The molecule has 1 saturated heterocycles. The van der Waals surface area contributed by atoms with Gasteiger partial charge >= 0.3 is 0 Å². The lowest BCUT2D eigenvalue weighted by atomic mass is 10.1. The number of nitrogens with zero attached hydrogens (tertiary/aromatic N) is 5. The Morgan fingerprint density at radius 1 is 1.30 bits per heavy atom. The molecule has 3 aromatic rings. The van der Waals surface area contributed by atoms with Crippen LogP contribution in [0.3, 0.4) is 0 Å². The van der Waals surface area contributed by atoms with E-state index in [4.69, 9.17) is 5.73 Å². The number of carbonyl (C=O) groups excluding carboxylic acids is 1. The number of anilines is 3. The summed E-state index contributed by atoms with van der Waals surface area (Å²) in [5, 5.41) is 6.34. The molecule has 1 aliphatic rings. The van der Waals surface area contributed by atoms with Crippen molar-refractivity contribution < 1.29 is 17.6 Å². The summed E-state index contributed by atoms with van der Waals surface area (Å²) in [4.78, 5) is 22.9. The molecule has 0 saturated carbocycles. The predicted molar refractivity (Wildman–Crippen MR) is 110 cm³/mol. The average molecular weight is 433 g/mol. The highest BCUT2D eigenvalue weighted by atomic mass is 32.2. The number of carbonyl (C=O) groups is 1. The van der Waals surface area contributed by atoms with Crippen molar-refractivity contribution >= 4 is 38.6 Å². The number of hydrogen-bond donors (Lipinski definition) is 2. The molecule has 1 fully saturated rings. The van der Waals surface area contributed by atoms with E-state index in [9.17, 15) is 17.6 Å².